The van der Waals surface area contributed by atoms with Crippen molar-refractivity contribution in [2.24, 2.45) is 0 Å². The van der Waals surface area contributed by atoms with Gasteiger partial charge in [0.15, 0.2) is 0 Å². The number of carbonyl (C=O) groups is 3. The van der Waals surface area contributed by atoms with Gasteiger partial charge in [-0.1, -0.05) is 23.9 Å². The first-order chi connectivity index (χ1) is 11.1. The Morgan fingerprint density at radius 2 is 2.09 bits per heavy atom. The normalized spacial score (nSPS) is 14.0. The molecule has 0 saturated carbocycles. The van der Waals surface area contributed by atoms with Gasteiger partial charge in [0.2, 0.25) is 5.91 Å². The van der Waals surface area contributed by atoms with Crippen LogP contribution in [0.25, 0.3) is 0 Å². The van der Waals surface area contributed by atoms with Gasteiger partial charge in [-0.2, -0.15) is 0 Å². The van der Waals surface area contributed by atoms with Crippen LogP contribution in [0.2, 0.25) is 0 Å². The van der Waals surface area contributed by atoms with E-state index in [1.807, 2.05) is 24.3 Å². The largest absolute Gasteiger partial charge is 0.497 e. The summed E-state index contributed by atoms with van der Waals surface area (Å²) in [6.45, 7) is 0.924. The first-order valence-electron chi connectivity index (χ1n) is 7.22. The maximum atomic E-state index is 11.7. The van der Waals surface area contributed by atoms with Gasteiger partial charge in [0, 0.05) is 19.6 Å². The van der Waals surface area contributed by atoms with Crippen molar-refractivity contribution in [2.75, 3.05) is 32.5 Å². The van der Waals surface area contributed by atoms with Crippen molar-refractivity contribution in [3.8, 4) is 5.75 Å². The Bertz CT molecular complexity index is 578. The molecule has 7 nitrogen and oxygen atoms in total. The number of urea groups is 1. The van der Waals surface area contributed by atoms with Crippen LogP contribution in [0.5, 0.6) is 5.75 Å². The fourth-order valence-corrected chi connectivity index (χ4v) is 2.84. The molecule has 0 spiro atoms. The van der Waals surface area contributed by atoms with Crippen LogP contribution in [0, 0.1) is 0 Å². The van der Waals surface area contributed by atoms with Gasteiger partial charge in [0.05, 0.1) is 12.9 Å². The van der Waals surface area contributed by atoms with E-state index in [-0.39, 0.29) is 36.0 Å². The number of ether oxygens (including phenoxy) is 1. The monoisotopic (exact) mass is 337 g/mol. The van der Waals surface area contributed by atoms with E-state index in [4.69, 9.17) is 4.74 Å². The Hall–Kier alpha value is -2.22. The van der Waals surface area contributed by atoms with Crippen LogP contribution in [-0.4, -0.2) is 54.6 Å². The van der Waals surface area contributed by atoms with Crippen LogP contribution in [0.3, 0.4) is 0 Å². The second-order valence-electron chi connectivity index (χ2n) is 4.88. The molecular formula is C15H19N3O4S. The van der Waals surface area contributed by atoms with Gasteiger partial charge in [0.1, 0.15) is 5.75 Å². The quantitative estimate of drug-likeness (QED) is 0.781. The van der Waals surface area contributed by atoms with Crippen molar-refractivity contribution in [2.45, 2.75) is 6.42 Å². The highest BCUT2D eigenvalue weighted by Gasteiger charge is 2.29. The number of carbonyl (C=O) groups excluding carboxylic acids is 3. The maximum Gasteiger partial charge on any atom is 0.314 e. The predicted molar refractivity (Wildman–Crippen MR) is 87.7 cm³/mol. The maximum absolute atomic E-state index is 11.7. The van der Waals surface area contributed by atoms with Crippen LogP contribution in [0.1, 0.15) is 5.56 Å². The van der Waals surface area contributed by atoms with E-state index in [9.17, 15) is 14.4 Å². The number of hydrogen-bond donors (Lipinski definition) is 2. The van der Waals surface area contributed by atoms with Crippen molar-refractivity contribution in [3.63, 3.8) is 0 Å². The summed E-state index contributed by atoms with van der Waals surface area (Å²) in [5, 5.41) is 5.11. The predicted octanol–water partition coefficient (Wildman–Crippen LogP) is 1.23. The molecule has 1 saturated heterocycles. The molecule has 8 heteroatoms. The van der Waals surface area contributed by atoms with Gasteiger partial charge in [-0.15, -0.1) is 0 Å². The van der Waals surface area contributed by atoms with Crippen molar-refractivity contribution < 1.29 is 19.1 Å². The molecular weight excluding hydrogens is 318 g/mol. The molecule has 0 aromatic heterocycles. The van der Waals surface area contributed by atoms with Gasteiger partial charge in [0.25, 0.3) is 5.24 Å². The number of hydrogen-bond acceptors (Lipinski definition) is 5. The summed E-state index contributed by atoms with van der Waals surface area (Å²) >= 11 is 0.986. The highest BCUT2D eigenvalue weighted by atomic mass is 32.2. The van der Waals surface area contributed by atoms with Crippen LogP contribution in [0.4, 0.5) is 9.59 Å². The highest BCUT2D eigenvalue weighted by molar-refractivity contribution is 8.14. The lowest BCUT2D eigenvalue weighted by Gasteiger charge is -2.13. The van der Waals surface area contributed by atoms with Crippen molar-refractivity contribution >= 4 is 28.9 Å². The van der Waals surface area contributed by atoms with E-state index in [0.29, 0.717) is 13.0 Å². The second kappa shape index (κ2) is 8.42. The summed E-state index contributed by atoms with van der Waals surface area (Å²) < 4.78 is 5.14. The number of nitrogens with one attached hydrogen (secondary N) is 2. The van der Waals surface area contributed by atoms with Crippen molar-refractivity contribution in [3.05, 3.63) is 29.8 Å². The van der Waals surface area contributed by atoms with E-state index in [1.165, 1.54) is 0 Å². The Labute approximate surface area is 138 Å². The number of nitrogens with zero attached hydrogens (tertiary/aromatic N) is 1. The van der Waals surface area contributed by atoms with E-state index in [1.54, 1.807) is 7.11 Å². The summed E-state index contributed by atoms with van der Waals surface area (Å²) in [6.07, 6.45) is 0.685. The third kappa shape index (κ3) is 5.17. The number of benzene rings is 1. The summed E-state index contributed by atoms with van der Waals surface area (Å²) in [5.74, 6) is 0.760. The molecule has 1 aromatic carbocycles. The Morgan fingerprint density at radius 1 is 1.30 bits per heavy atom. The molecule has 1 aliphatic heterocycles. The number of rotatable bonds is 7. The molecule has 23 heavy (non-hydrogen) atoms. The van der Waals surface area contributed by atoms with Crippen molar-refractivity contribution in [1.29, 1.82) is 0 Å². The van der Waals surface area contributed by atoms with Gasteiger partial charge in [-0.25, -0.2) is 4.79 Å². The van der Waals surface area contributed by atoms with Crippen LogP contribution in [-0.2, 0) is 11.2 Å². The lowest BCUT2D eigenvalue weighted by Crippen LogP contribution is -2.42. The first-order valence-corrected chi connectivity index (χ1v) is 8.20. The molecule has 1 aliphatic rings. The summed E-state index contributed by atoms with van der Waals surface area (Å²) in [7, 11) is 1.61. The zero-order chi connectivity index (χ0) is 16.7. The second-order valence-corrected chi connectivity index (χ2v) is 5.81. The van der Waals surface area contributed by atoms with Gasteiger partial charge in [-0.3, -0.25) is 14.5 Å². The molecule has 2 rings (SSSR count). The van der Waals surface area contributed by atoms with Gasteiger partial charge >= 0.3 is 6.03 Å². The third-order valence-corrected chi connectivity index (χ3v) is 4.15. The lowest BCUT2D eigenvalue weighted by molar-refractivity contribution is -0.124. The molecule has 4 amide bonds. The molecule has 2 N–H and O–H groups in total. The Morgan fingerprint density at radius 3 is 2.78 bits per heavy atom. The smallest absolute Gasteiger partial charge is 0.314 e. The lowest BCUT2D eigenvalue weighted by atomic mass is 10.1. The van der Waals surface area contributed by atoms with E-state index in [0.717, 1.165) is 28.0 Å². The SMILES string of the molecule is COc1cccc(CCNC(=O)NCCN2C(=O)CSC2=O)c1. The minimum absolute atomic E-state index is 0.186. The molecule has 1 heterocycles. The minimum atomic E-state index is -0.320. The number of methoxy groups -OCH3 is 1. The summed E-state index contributed by atoms with van der Waals surface area (Å²) in [6, 6.07) is 7.32. The summed E-state index contributed by atoms with van der Waals surface area (Å²) in [5.41, 5.74) is 1.06. The molecule has 0 radical (unpaired) electrons. The first kappa shape index (κ1) is 17.1. The zero-order valence-corrected chi connectivity index (χ0v) is 13.6. The van der Waals surface area contributed by atoms with Crippen LogP contribution in [0.15, 0.2) is 24.3 Å². The average molecular weight is 337 g/mol. The topological polar surface area (TPSA) is 87.7 Å². The molecule has 1 fully saturated rings. The molecule has 124 valence electrons. The minimum Gasteiger partial charge on any atom is -0.497 e. The average Bonchev–Trinajstić information content (AvgIpc) is 2.87. The fourth-order valence-electron chi connectivity index (χ4n) is 2.09. The number of thioether (sulfide) groups is 1. The van der Waals surface area contributed by atoms with Gasteiger partial charge in [-0.05, 0) is 24.1 Å². The fraction of sp³-hybridized carbons (Fsp3) is 0.400. The number of imide groups is 1. The zero-order valence-electron chi connectivity index (χ0n) is 12.8. The van der Waals surface area contributed by atoms with Gasteiger partial charge < -0.3 is 15.4 Å². The Kier molecular flexibility index (Phi) is 6.28. The highest BCUT2D eigenvalue weighted by Crippen LogP contribution is 2.17. The third-order valence-electron chi connectivity index (χ3n) is 3.29. The standard InChI is InChI=1S/C15H19N3O4S/c1-22-12-4-2-3-11(9-12)5-6-16-14(20)17-7-8-18-13(19)10-23-15(18)21/h2-4,9H,5-8,10H2,1H3,(H2,16,17,20). The molecule has 0 bridgehead atoms. The number of amides is 4. The van der Waals surface area contributed by atoms with E-state index < -0.39 is 0 Å². The van der Waals surface area contributed by atoms with Crippen LogP contribution < -0.4 is 15.4 Å². The molecule has 1 aromatic rings. The van der Waals surface area contributed by atoms with E-state index in [2.05, 4.69) is 10.6 Å². The van der Waals surface area contributed by atoms with Crippen LogP contribution >= 0.6 is 11.8 Å². The molecule has 0 aliphatic carbocycles. The molecule has 0 unspecified atom stereocenters. The van der Waals surface area contributed by atoms with E-state index >= 15 is 0 Å². The Balaban J connectivity index is 1.63. The summed E-state index contributed by atoms with van der Waals surface area (Å²) in [4.78, 5) is 35.6. The molecule has 0 atom stereocenters. The van der Waals surface area contributed by atoms with Crippen molar-refractivity contribution in [1.82, 2.24) is 15.5 Å².